The van der Waals surface area contributed by atoms with Gasteiger partial charge in [-0.1, -0.05) is 0 Å². The summed E-state index contributed by atoms with van der Waals surface area (Å²) in [5.41, 5.74) is 6.28. The summed E-state index contributed by atoms with van der Waals surface area (Å²) in [6.07, 6.45) is 7.57. The molecule has 2 fully saturated rings. The summed E-state index contributed by atoms with van der Waals surface area (Å²) in [6, 6.07) is 8.72. The van der Waals surface area contributed by atoms with Crippen LogP contribution in [0.25, 0.3) is 6.20 Å². The molecule has 1 aliphatic heterocycles. The summed E-state index contributed by atoms with van der Waals surface area (Å²) < 4.78 is 8.81. The lowest BCUT2D eigenvalue weighted by Crippen LogP contribution is -2.42. The first-order chi connectivity index (χ1) is 15.5. The van der Waals surface area contributed by atoms with Gasteiger partial charge in [0.15, 0.2) is 18.1 Å². The second-order valence-corrected chi connectivity index (χ2v) is 8.90. The fraction of sp³-hybridized carbons (Fsp3) is 0.417. The second-order valence-electron chi connectivity index (χ2n) is 8.90. The molecular weight excluding hydrogens is 408 g/mol. The minimum Gasteiger partial charge on any atom is -0.491 e. The van der Waals surface area contributed by atoms with Crippen LogP contribution in [0.5, 0.6) is 5.75 Å². The van der Waals surface area contributed by atoms with E-state index in [-0.39, 0.29) is 17.6 Å². The molecule has 0 unspecified atom stereocenters. The average molecular weight is 437 g/mol. The highest BCUT2D eigenvalue weighted by molar-refractivity contribution is 6.02. The molecule has 1 amide bonds. The molecule has 0 bridgehead atoms. The highest BCUT2D eigenvalue weighted by atomic mass is 16.5. The Labute approximate surface area is 185 Å². The summed E-state index contributed by atoms with van der Waals surface area (Å²) in [5, 5.41) is 24.6. The predicted molar refractivity (Wildman–Crippen MR) is 117 cm³/mol. The van der Waals surface area contributed by atoms with Gasteiger partial charge in [0, 0.05) is 25.0 Å². The number of pyridine rings is 1. The zero-order chi connectivity index (χ0) is 22.2. The van der Waals surface area contributed by atoms with E-state index in [9.17, 15) is 15.1 Å². The Morgan fingerprint density at radius 2 is 1.97 bits per heavy atom. The number of fused-ring (bicyclic) bond motifs is 1. The predicted octanol–water partition coefficient (Wildman–Crippen LogP) is 0.244. The van der Waals surface area contributed by atoms with Crippen molar-refractivity contribution in [3.63, 3.8) is 0 Å². The van der Waals surface area contributed by atoms with Crippen LogP contribution in [0.4, 0.5) is 11.5 Å². The third kappa shape index (κ3) is 4.20. The fourth-order valence-electron chi connectivity index (χ4n) is 4.24. The number of rotatable bonds is 6. The molecule has 0 saturated heterocycles. The number of aliphatic hydroxyl groups excluding tert-OH is 1. The Morgan fingerprint density at radius 3 is 2.72 bits per heavy atom. The van der Waals surface area contributed by atoms with E-state index < -0.39 is 5.91 Å². The number of hydrogen-bond donors (Lipinski definition) is 4. The molecule has 2 aliphatic carbocycles. The number of anilines is 2. The van der Waals surface area contributed by atoms with Crippen LogP contribution in [0.15, 0.2) is 30.3 Å². The van der Waals surface area contributed by atoms with Crippen molar-refractivity contribution in [1.82, 2.24) is 0 Å². The lowest BCUT2D eigenvalue weighted by Gasteiger charge is -2.20. The largest absolute Gasteiger partial charge is 0.491 e. The maximum atomic E-state index is 12.9. The summed E-state index contributed by atoms with van der Waals surface area (Å²) >= 11 is 0. The van der Waals surface area contributed by atoms with Crippen molar-refractivity contribution < 1.29 is 29.2 Å². The van der Waals surface area contributed by atoms with Crippen LogP contribution in [0.3, 0.4) is 0 Å². The second kappa shape index (κ2) is 8.30. The van der Waals surface area contributed by atoms with Crippen LogP contribution in [-0.4, -0.2) is 45.4 Å². The van der Waals surface area contributed by atoms with Crippen molar-refractivity contribution in [2.24, 2.45) is 5.92 Å². The van der Waals surface area contributed by atoms with E-state index in [2.05, 4.69) is 15.8 Å². The third-order valence-electron chi connectivity index (χ3n) is 6.39. The molecule has 2 aromatic rings. The van der Waals surface area contributed by atoms with Crippen molar-refractivity contribution in [2.75, 3.05) is 17.7 Å². The lowest BCUT2D eigenvalue weighted by molar-refractivity contribution is -0.894. The molecule has 1 aromatic carbocycles. The minimum atomic E-state index is -0.486. The van der Waals surface area contributed by atoms with Crippen LogP contribution in [0.2, 0.25) is 0 Å². The molecule has 0 radical (unpaired) electrons. The first kappa shape index (κ1) is 20.5. The van der Waals surface area contributed by atoms with Crippen molar-refractivity contribution in [3.05, 3.63) is 46.5 Å². The van der Waals surface area contributed by atoms with Gasteiger partial charge in [-0.3, -0.25) is 10.5 Å². The molecule has 8 nitrogen and oxygen atoms in total. The smallest absolute Gasteiger partial charge is 0.312 e. The molecule has 5 N–H and O–H groups in total. The molecule has 5 rings (SSSR count). The first-order valence-corrected chi connectivity index (χ1v) is 11.2. The van der Waals surface area contributed by atoms with E-state index >= 15 is 0 Å². The number of aliphatic hydroxyl groups is 1. The summed E-state index contributed by atoms with van der Waals surface area (Å²) in [6.45, 7) is 0.605. The van der Waals surface area contributed by atoms with Crippen LogP contribution < -0.4 is 31.0 Å². The van der Waals surface area contributed by atoms with E-state index in [0.29, 0.717) is 34.7 Å². The van der Waals surface area contributed by atoms with E-state index in [1.54, 1.807) is 6.07 Å². The Hall–Kier alpha value is -3.35. The molecule has 3 aliphatic rings. The molecule has 2 heterocycles. The first-order valence-electron chi connectivity index (χ1n) is 11.2. The molecule has 166 valence electrons. The quantitative estimate of drug-likeness (QED) is 0.383. The topological polar surface area (TPSA) is 112 Å². The van der Waals surface area contributed by atoms with Crippen molar-refractivity contribution in [2.45, 2.75) is 50.7 Å². The summed E-state index contributed by atoms with van der Waals surface area (Å²) in [7, 11) is 0. The number of nitrogens with zero attached hydrogens (tertiary/aromatic N) is 2. The number of ether oxygens (including phenoxy) is 1. The number of amides is 1. The Balaban J connectivity index is 1.46. The lowest BCUT2D eigenvalue weighted by atomic mass is 9.93. The number of aromatic nitrogens is 1. The van der Waals surface area contributed by atoms with Crippen molar-refractivity contribution in [1.29, 1.82) is 0 Å². The number of benzene rings is 1. The van der Waals surface area contributed by atoms with Gasteiger partial charge in [-0.2, -0.15) is 4.58 Å². The minimum absolute atomic E-state index is 0.0307. The van der Waals surface area contributed by atoms with Gasteiger partial charge in [-0.15, -0.1) is 0 Å². The highest BCUT2D eigenvalue weighted by Crippen LogP contribution is 2.31. The van der Waals surface area contributed by atoms with E-state index in [0.717, 1.165) is 49.0 Å². The molecular formula is C24H28N4O4+2. The van der Waals surface area contributed by atoms with Crippen LogP contribution in [0.1, 0.15) is 49.0 Å². The van der Waals surface area contributed by atoms with Crippen LogP contribution >= 0.6 is 0 Å². The van der Waals surface area contributed by atoms with E-state index in [4.69, 9.17) is 10.5 Å². The van der Waals surface area contributed by atoms with Gasteiger partial charge in [-0.25, -0.2) is 0 Å². The van der Waals surface area contributed by atoms with E-state index in [1.807, 2.05) is 18.3 Å². The fourth-order valence-corrected chi connectivity index (χ4v) is 4.24. The molecule has 2 saturated carbocycles. The number of nitrogen functional groups attached to an aromatic ring is 1. The summed E-state index contributed by atoms with van der Waals surface area (Å²) in [5.74, 6) is 4.16. The van der Waals surface area contributed by atoms with Crippen molar-refractivity contribution in [3.8, 4) is 5.75 Å². The van der Waals surface area contributed by atoms with Gasteiger partial charge < -0.3 is 20.4 Å². The van der Waals surface area contributed by atoms with Gasteiger partial charge in [0.25, 0.3) is 5.91 Å². The molecule has 32 heavy (non-hydrogen) atoms. The highest BCUT2D eigenvalue weighted by Gasteiger charge is 2.29. The third-order valence-corrected chi connectivity index (χ3v) is 6.39. The zero-order valence-corrected chi connectivity index (χ0v) is 17.8. The normalized spacial score (nSPS) is 21.7. The summed E-state index contributed by atoms with van der Waals surface area (Å²) in [4.78, 5) is 12.9. The number of carbonyl (C=O) groups is 1. The molecule has 8 heteroatoms. The van der Waals surface area contributed by atoms with Gasteiger partial charge >= 0.3 is 5.82 Å². The monoisotopic (exact) mass is 436 g/mol. The Bertz CT molecular complexity index is 1220. The van der Waals surface area contributed by atoms with Crippen LogP contribution in [0, 0.1) is 5.92 Å². The number of nitrogens with two attached hydrogens (primary N) is 1. The van der Waals surface area contributed by atoms with Crippen molar-refractivity contribution >= 4 is 29.5 Å². The zero-order valence-electron chi connectivity index (χ0n) is 17.8. The standard InChI is InChI=1S/C24H26N4O4/c25-23-3-1-2-21(28(23)31)24(30)26-20-10-16-12-27(18-6-8-19(29)9-7-18)13-17(16)11-22(20)32-14-15-4-5-15/h1-3,10-12,15,18-19,25,29,31H,4-9,14H2/p+2/t18-,19-. The Kier molecular flexibility index (Phi) is 5.33. The Morgan fingerprint density at radius 1 is 1.19 bits per heavy atom. The van der Waals surface area contributed by atoms with Gasteiger partial charge in [0.05, 0.1) is 23.6 Å². The molecule has 1 aromatic heterocycles. The van der Waals surface area contributed by atoms with E-state index in [1.165, 1.54) is 12.1 Å². The maximum absolute atomic E-state index is 12.9. The van der Waals surface area contributed by atoms with Gasteiger partial charge in [0.2, 0.25) is 5.69 Å². The maximum Gasteiger partial charge on any atom is 0.312 e. The number of nitrogens with one attached hydrogen (secondary N) is 1. The van der Waals surface area contributed by atoms with Crippen LogP contribution in [-0.2, 0) is 0 Å². The average Bonchev–Trinajstić information content (AvgIpc) is 3.52. The SMILES string of the molecule is Nc1cccc(C(=O)Nc2cc3c(cc2OCC2CC2)=C=[N+]([C@H]2CC[C@H](O)CC2)C=3)[n+]1O. The van der Waals surface area contributed by atoms with Gasteiger partial charge in [0.1, 0.15) is 11.0 Å². The number of carbonyl (C=O) groups excluding carboxylic acids is 1. The molecule has 0 atom stereocenters. The van der Waals surface area contributed by atoms with Gasteiger partial charge in [-0.05, 0) is 54.5 Å². The molecule has 0 spiro atoms. The number of hydrogen-bond acceptors (Lipinski definition) is 5.